The summed E-state index contributed by atoms with van der Waals surface area (Å²) in [6, 6.07) is 27.0. The number of aryl methyl sites for hydroxylation is 1. The van der Waals surface area contributed by atoms with Gasteiger partial charge in [-0.3, -0.25) is 24.2 Å². The van der Waals surface area contributed by atoms with Crippen molar-refractivity contribution in [1.82, 2.24) is 24.6 Å². The number of pyridine rings is 1. The van der Waals surface area contributed by atoms with Gasteiger partial charge in [-0.15, -0.1) is 6.58 Å². The van der Waals surface area contributed by atoms with Gasteiger partial charge in [-0.25, -0.2) is 13.8 Å². The van der Waals surface area contributed by atoms with Gasteiger partial charge in [-0.05, 0) is 68.6 Å². The Morgan fingerprint density at radius 1 is 0.848 bits per heavy atom. The molecule has 2 fully saturated rings. The van der Waals surface area contributed by atoms with Gasteiger partial charge in [0, 0.05) is 89.9 Å². The topological polar surface area (TPSA) is 108 Å². The Bertz CT molecular complexity index is 2160. The summed E-state index contributed by atoms with van der Waals surface area (Å²) in [5.41, 5.74) is 2.64. The molecule has 354 valence electrons. The maximum Gasteiger partial charge on any atom is 0.226 e. The summed E-state index contributed by atoms with van der Waals surface area (Å²) in [5, 5.41) is 0. The predicted octanol–water partition coefficient (Wildman–Crippen LogP) is 6.61. The van der Waals surface area contributed by atoms with E-state index < -0.39 is 29.7 Å². The van der Waals surface area contributed by atoms with Crippen LogP contribution in [0.25, 0.3) is 0 Å². The third-order valence-corrected chi connectivity index (χ3v) is 12.1. The molecule has 2 aliphatic heterocycles. The van der Waals surface area contributed by atoms with Crippen LogP contribution in [0, 0.1) is 17.6 Å². The fourth-order valence-corrected chi connectivity index (χ4v) is 8.47. The number of hydrogen-bond acceptors (Lipinski definition) is 11. The number of ketones is 2. The van der Waals surface area contributed by atoms with Crippen LogP contribution in [0.4, 0.5) is 14.6 Å². The molecule has 2 saturated heterocycles. The number of Topliss-reactive ketones (excluding diaryl/α,β-unsaturated/α-hetero) is 2. The Hall–Kier alpha value is -5.38. The second-order valence-electron chi connectivity index (χ2n) is 17.2. The van der Waals surface area contributed by atoms with Crippen LogP contribution in [0.2, 0.25) is 0 Å². The number of aromatic nitrogens is 1. The van der Waals surface area contributed by atoms with Crippen LogP contribution >= 0.6 is 0 Å². The summed E-state index contributed by atoms with van der Waals surface area (Å²) in [4.78, 5) is 57.0. The second kappa shape index (κ2) is 25.5. The van der Waals surface area contributed by atoms with Crippen LogP contribution in [0.15, 0.2) is 104 Å². The second-order valence-corrected chi connectivity index (χ2v) is 17.2. The number of anilines is 1. The highest BCUT2D eigenvalue weighted by molar-refractivity contribution is 5.89. The lowest BCUT2D eigenvalue weighted by molar-refractivity contribution is -0.162. The Morgan fingerprint density at radius 2 is 1.52 bits per heavy atom. The van der Waals surface area contributed by atoms with Crippen LogP contribution in [0.1, 0.15) is 49.1 Å². The van der Waals surface area contributed by atoms with Crippen LogP contribution in [0.3, 0.4) is 0 Å². The number of ether oxygens (including phenoxy) is 3. The van der Waals surface area contributed by atoms with Gasteiger partial charge in [0.1, 0.15) is 29.7 Å². The standard InChI is InChI=1S/C52H66F2N6O6/c1-5-24-57(35-45(61)21-18-39-14-10-8-11-15-39)36-46(62)30-42(29-41-19-22-47(31-49(41)54)66-38-40-16-12-9-13-17-40)52(63)60(37-50(64-6-2)65-7-3)32-43-20-23-48(53)51(55-43)59-33-44(34-59)58-27-25-56(4)26-28-58/h5,8-17,19-20,22-23,31,42,44,50H,1,6-7,18,21,24-30,32-38H2,2-4H3/t42-/m1/s1. The largest absolute Gasteiger partial charge is 0.489 e. The van der Waals surface area contributed by atoms with Crippen LogP contribution in [0.5, 0.6) is 5.75 Å². The molecule has 12 nitrogen and oxygen atoms in total. The lowest BCUT2D eigenvalue weighted by Crippen LogP contribution is -2.63. The molecule has 3 aromatic carbocycles. The number of benzene rings is 3. The fourth-order valence-electron chi connectivity index (χ4n) is 8.47. The summed E-state index contributed by atoms with van der Waals surface area (Å²) in [5.74, 6) is -2.29. The van der Waals surface area contributed by atoms with Crippen molar-refractivity contribution in [2.24, 2.45) is 5.92 Å². The van der Waals surface area contributed by atoms with Gasteiger partial charge in [-0.1, -0.05) is 72.8 Å². The molecule has 0 spiro atoms. The van der Waals surface area contributed by atoms with Crippen molar-refractivity contribution < 1.29 is 37.4 Å². The maximum absolute atomic E-state index is 16.1. The zero-order valence-corrected chi connectivity index (χ0v) is 38.8. The Morgan fingerprint density at radius 3 is 2.17 bits per heavy atom. The first-order chi connectivity index (χ1) is 32.0. The highest BCUT2D eigenvalue weighted by Crippen LogP contribution is 2.28. The molecule has 1 aromatic heterocycles. The van der Waals surface area contributed by atoms with Gasteiger partial charge in [-0.2, -0.15) is 0 Å². The minimum atomic E-state index is -1.04. The van der Waals surface area contributed by atoms with E-state index in [9.17, 15) is 9.59 Å². The first kappa shape index (κ1) is 50.0. The van der Waals surface area contributed by atoms with Crippen molar-refractivity contribution in [1.29, 1.82) is 0 Å². The van der Waals surface area contributed by atoms with Crippen molar-refractivity contribution in [3.8, 4) is 5.75 Å². The van der Waals surface area contributed by atoms with Crippen molar-refractivity contribution in [3.63, 3.8) is 0 Å². The van der Waals surface area contributed by atoms with Crippen LogP contribution < -0.4 is 9.64 Å². The van der Waals surface area contributed by atoms with Crippen molar-refractivity contribution >= 4 is 23.3 Å². The molecule has 3 heterocycles. The van der Waals surface area contributed by atoms with Crippen LogP contribution in [-0.4, -0.2) is 140 Å². The average Bonchev–Trinajstić information content (AvgIpc) is 3.29. The lowest BCUT2D eigenvalue weighted by atomic mass is 9.92. The summed E-state index contributed by atoms with van der Waals surface area (Å²) in [7, 11) is 2.12. The third kappa shape index (κ3) is 15.1. The normalized spacial score (nSPS) is 15.2. The van der Waals surface area contributed by atoms with Crippen molar-refractivity contribution in [2.45, 2.75) is 65.0 Å². The van der Waals surface area contributed by atoms with Gasteiger partial charge < -0.3 is 28.9 Å². The molecule has 1 atom stereocenters. The smallest absolute Gasteiger partial charge is 0.226 e. The van der Waals surface area contributed by atoms with E-state index in [1.165, 1.54) is 17.0 Å². The first-order valence-corrected chi connectivity index (χ1v) is 23.2. The van der Waals surface area contributed by atoms with E-state index in [2.05, 4.69) is 23.4 Å². The first-order valence-electron chi connectivity index (χ1n) is 23.2. The molecule has 0 aliphatic carbocycles. The monoisotopic (exact) mass is 909 g/mol. The van der Waals surface area contributed by atoms with Crippen molar-refractivity contribution in [2.75, 3.05) is 90.6 Å². The number of likely N-dealkylation sites (N-methyl/N-ethyl adjacent to an activating group) is 1. The fraction of sp³-hybridized carbons (Fsp3) is 0.462. The highest BCUT2D eigenvalue weighted by Gasteiger charge is 2.36. The molecule has 4 aromatic rings. The number of piperazine rings is 1. The van der Waals surface area contributed by atoms with Crippen molar-refractivity contribution in [3.05, 3.63) is 138 Å². The number of amides is 1. The third-order valence-electron chi connectivity index (χ3n) is 12.1. The Kier molecular flexibility index (Phi) is 19.3. The molecule has 66 heavy (non-hydrogen) atoms. The van der Waals surface area contributed by atoms with E-state index >= 15 is 13.6 Å². The van der Waals surface area contributed by atoms with Crippen LogP contribution in [-0.2, 0) is 49.9 Å². The van der Waals surface area contributed by atoms with E-state index in [0.717, 1.165) is 37.3 Å². The van der Waals surface area contributed by atoms with Gasteiger partial charge in [0.2, 0.25) is 5.91 Å². The molecule has 0 radical (unpaired) electrons. The molecular formula is C52H66F2N6O6. The molecule has 6 rings (SSSR count). The molecule has 0 N–H and O–H groups in total. The molecule has 0 bridgehead atoms. The number of rotatable bonds is 27. The Labute approximate surface area is 389 Å². The molecule has 14 heteroatoms. The van der Waals surface area contributed by atoms with E-state index in [-0.39, 0.29) is 75.1 Å². The van der Waals surface area contributed by atoms with E-state index in [1.54, 1.807) is 29.2 Å². The summed E-state index contributed by atoms with van der Waals surface area (Å²) < 4.78 is 49.3. The maximum atomic E-state index is 16.1. The van der Waals surface area contributed by atoms with Gasteiger partial charge in [0.25, 0.3) is 0 Å². The molecular weight excluding hydrogens is 843 g/mol. The number of carbonyl (C=O) groups excluding carboxylic acids is 3. The summed E-state index contributed by atoms with van der Waals surface area (Å²) in [6.07, 6.45) is 1.35. The zero-order valence-electron chi connectivity index (χ0n) is 38.8. The minimum absolute atomic E-state index is 0.0258. The summed E-state index contributed by atoms with van der Waals surface area (Å²) >= 11 is 0. The lowest BCUT2D eigenvalue weighted by Gasteiger charge is -2.48. The number of halogens is 2. The average molecular weight is 909 g/mol. The Balaban J connectivity index is 1.23. The van der Waals surface area contributed by atoms with Gasteiger partial charge in [0.05, 0.1) is 31.9 Å². The van der Waals surface area contributed by atoms with E-state index in [0.29, 0.717) is 56.6 Å². The van der Waals surface area contributed by atoms with E-state index in [1.807, 2.05) is 79.4 Å². The molecule has 1 amide bonds. The highest BCUT2D eigenvalue weighted by atomic mass is 19.1. The molecule has 0 unspecified atom stereocenters. The quantitative estimate of drug-likeness (QED) is 0.0477. The number of nitrogens with zero attached hydrogens (tertiary/aromatic N) is 6. The zero-order chi connectivity index (χ0) is 46.8. The number of hydrogen-bond donors (Lipinski definition) is 0. The number of carbonyl (C=O) groups is 3. The molecule has 2 aliphatic rings. The van der Waals surface area contributed by atoms with Gasteiger partial charge >= 0.3 is 0 Å². The van der Waals surface area contributed by atoms with E-state index in [4.69, 9.17) is 19.2 Å². The SMILES string of the molecule is C=CCN(CC(=O)CCc1ccccc1)CC(=O)C[C@@H](Cc1ccc(OCc2ccccc2)cc1F)C(=O)N(Cc1ccc(F)c(N2CC(N3CCN(C)CC3)C2)n1)CC(OCC)OCC. The minimum Gasteiger partial charge on any atom is -0.489 e. The predicted molar refractivity (Wildman–Crippen MR) is 252 cm³/mol. The summed E-state index contributed by atoms with van der Waals surface area (Å²) in [6.45, 7) is 13.7. The van der Waals surface area contributed by atoms with Gasteiger partial charge in [0.15, 0.2) is 17.9 Å². The molecule has 0 saturated carbocycles.